The number of benzene rings is 1. The second kappa shape index (κ2) is 7.50. The van der Waals surface area contributed by atoms with Crippen molar-refractivity contribution in [2.45, 2.75) is 45.1 Å². The minimum absolute atomic E-state index is 0. The molecule has 4 nitrogen and oxygen atoms in total. The summed E-state index contributed by atoms with van der Waals surface area (Å²) < 4.78 is 5.98. The Kier molecular flexibility index (Phi) is 4.93. The zero-order valence-electron chi connectivity index (χ0n) is 15.5. The smallest absolute Gasteiger partial charge is 0.219 e. The fourth-order valence-corrected chi connectivity index (χ4v) is 3.78. The zero-order valence-corrected chi connectivity index (χ0v) is 15.5. The van der Waals surface area contributed by atoms with E-state index >= 15 is 0 Å². The standard InChI is InChI=1S/C22H27N3O.H2/c1-16(2)24-19-7-9-22(23-15-19)26-21-8-6-17-10-12-25(20-4-3-5-20)13-11-18(17)14-21;/h6-9,14-15,20,24H,1,3-5,10-13H2,2H3;1H. The van der Waals surface area contributed by atoms with Gasteiger partial charge < -0.3 is 10.1 Å². The van der Waals surface area contributed by atoms with Gasteiger partial charge in [-0.2, -0.15) is 0 Å². The van der Waals surface area contributed by atoms with Gasteiger partial charge in [-0.3, -0.25) is 4.90 Å². The molecule has 1 aliphatic carbocycles. The fourth-order valence-electron chi connectivity index (χ4n) is 3.78. The minimum Gasteiger partial charge on any atom is -0.439 e. The molecule has 1 aliphatic heterocycles. The van der Waals surface area contributed by atoms with Gasteiger partial charge in [-0.1, -0.05) is 19.1 Å². The number of allylic oxidation sites excluding steroid dienone is 1. The Morgan fingerprint density at radius 1 is 1.19 bits per heavy atom. The Balaban J connectivity index is 0.00000210. The van der Waals surface area contributed by atoms with Crippen LogP contribution >= 0.6 is 0 Å². The molecule has 26 heavy (non-hydrogen) atoms. The number of anilines is 1. The molecule has 1 saturated carbocycles. The maximum absolute atomic E-state index is 5.98. The maximum atomic E-state index is 5.98. The summed E-state index contributed by atoms with van der Waals surface area (Å²) in [6.07, 6.45) is 8.19. The molecule has 0 amide bonds. The van der Waals surface area contributed by atoms with Crippen molar-refractivity contribution in [2.75, 3.05) is 18.4 Å². The van der Waals surface area contributed by atoms with E-state index in [2.05, 4.69) is 40.0 Å². The molecular formula is C22H29N3O. The first kappa shape index (κ1) is 17.1. The highest BCUT2D eigenvalue weighted by molar-refractivity contribution is 5.47. The van der Waals surface area contributed by atoms with Gasteiger partial charge in [0.2, 0.25) is 5.88 Å². The lowest BCUT2D eigenvalue weighted by molar-refractivity contribution is 0.133. The number of fused-ring (bicyclic) bond motifs is 1. The third kappa shape index (κ3) is 3.91. The number of hydrogen-bond acceptors (Lipinski definition) is 4. The molecule has 4 heteroatoms. The predicted molar refractivity (Wildman–Crippen MR) is 108 cm³/mol. The van der Waals surface area contributed by atoms with Crippen molar-refractivity contribution in [2.24, 2.45) is 0 Å². The van der Waals surface area contributed by atoms with Crippen molar-refractivity contribution >= 4 is 5.69 Å². The van der Waals surface area contributed by atoms with Gasteiger partial charge in [0.25, 0.3) is 0 Å². The summed E-state index contributed by atoms with van der Waals surface area (Å²) in [4.78, 5) is 7.06. The van der Waals surface area contributed by atoms with E-state index in [1.54, 1.807) is 6.20 Å². The topological polar surface area (TPSA) is 37.4 Å². The lowest BCUT2D eigenvalue weighted by Crippen LogP contribution is -2.41. The number of pyridine rings is 1. The quantitative estimate of drug-likeness (QED) is 0.821. The van der Waals surface area contributed by atoms with E-state index in [4.69, 9.17) is 4.74 Å². The minimum atomic E-state index is 0. The van der Waals surface area contributed by atoms with Gasteiger partial charge in [0, 0.05) is 32.3 Å². The first-order valence-electron chi connectivity index (χ1n) is 9.60. The first-order valence-corrected chi connectivity index (χ1v) is 9.60. The average Bonchev–Trinajstić information content (AvgIpc) is 2.77. The largest absolute Gasteiger partial charge is 0.439 e. The molecule has 2 aromatic rings. The van der Waals surface area contributed by atoms with Crippen LogP contribution in [-0.4, -0.2) is 29.0 Å². The SMILES string of the molecule is C=C(C)Nc1ccc(Oc2ccc3c(c2)CCN(C2CCC2)CC3)nc1.[HH]. The van der Waals surface area contributed by atoms with Crippen LogP contribution in [0.3, 0.4) is 0 Å². The number of aromatic nitrogens is 1. The van der Waals surface area contributed by atoms with Crippen LogP contribution in [0.15, 0.2) is 48.8 Å². The summed E-state index contributed by atoms with van der Waals surface area (Å²) in [5.41, 5.74) is 4.70. The van der Waals surface area contributed by atoms with Gasteiger partial charge in [-0.05, 0) is 61.9 Å². The van der Waals surface area contributed by atoms with Crippen molar-refractivity contribution in [3.8, 4) is 11.6 Å². The van der Waals surface area contributed by atoms with Gasteiger partial charge in [0.15, 0.2) is 0 Å². The zero-order chi connectivity index (χ0) is 17.9. The van der Waals surface area contributed by atoms with Gasteiger partial charge in [0.05, 0.1) is 11.9 Å². The molecule has 0 unspecified atom stereocenters. The Morgan fingerprint density at radius 2 is 2.00 bits per heavy atom. The van der Waals surface area contributed by atoms with Crippen LogP contribution in [0.5, 0.6) is 11.6 Å². The summed E-state index contributed by atoms with van der Waals surface area (Å²) in [5.74, 6) is 1.48. The van der Waals surface area contributed by atoms with Crippen LogP contribution in [0.25, 0.3) is 0 Å². The highest BCUT2D eigenvalue weighted by Crippen LogP contribution is 2.29. The van der Waals surface area contributed by atoms with E-state index in [0.29, 0.717) is 5.88 Å². The van der Waals surface area contributed by atoms with Crippen LogP contribution in [-0.2, 0) is 12.8 Å². The van der Waals surface area contributed by atoms with Gasteiger partial charge >= 0.3 is 0 Å². The van der Waals surface area contributed by atoms with Crippen LogP contribution in [0.1, 0.15) is 38.7 Å². The molecule has 0 radical (unpaired) electrons. The Morgan fingerprint density at radius 3 is 2.65 bits per heavy atom. The first-order chi connectivity index (χ1) is 12.7. The molecule has 0 spiro atoms. The van der Waals surface area contributed by atoms with Crippen LogP contribution < -0.4 is 10.1 Å². The Labute approximate surface area is 157 Å². The molecule has 2 heterocycles. The van der Waals surface area contributed by atoms with E-state index in [-0.39, 0.29) is 1.43 Å². The normalized spacial score (nSPS) is 17.7. The average molecular weight is 351 g/mol. The van der Waals surface area contributed by atoms with E-state index in [0.717, 1.165) is 36.0 Å². The third-order valence-corrected chi connectivity index (χ3v) is 5.42. The van der Waals surface area contributed by atoms with Gasteiger partial charge in [-0.25, -0.2) is 4.98 Å². The van der Waals surface area contributed by atoms with E-state index < -0.39 is 0 Å². The number of ether oxygens (including phenoxy) is 1. The summed E-state index contributed by atoms with van der Waals surface area (Å²) in [7, 11) is 0. The van der Waals surface area contributed by atoms with Crippen molar-refractivity contribution in [1.29, 1.82) is 0 Å². The molecule has 0 bridgehead atoms. The highest BCUT2D eigenvalue weighted by atomic mass is 16.5. The molecule has 0 atom stereocenters. The molecule has 0 saturated heterocycles. The van der Waals surface area contributed by atoms with Crippen molar-refractivity contribution in [1.82, 2.24) is 9.88 Å². The fraction of sp³-hybridized carbons (Fsp3) is 0.409. The van der Waals surface area contributed by atoms with Gasteiger partial charge in [0.1, 0.15) is 5.75 Å². The molecule has 2 aliphatic rings. The summed E-state index contributed by atoms with van der Waals surface area (Å²) in [6, 6.07) is 11.2. The van der Waals surface area contributed by atoms with Crippen molar-refractivity contribution in [3.63, 3.8) is 0 Å². The number of nitrogens with one attached hydrogen (secondary N) is 1. The summed E-state index contributed by atoms with van der Waals surface area (Å²) >= 11 is 0. The number of hydrogen-bond donors (Lipinski definition) is 1. The molecular weight excluding hydrogens is 322 g/mol. The Hall–Kier alpha value is -2.33. The maximum Gasteiger partial charge on any atom is 0.219 e. The van der Waals surface area contributed by atoms with Crippen LogP contribution in [0.2, 0.25) is 0 Å². The van der Waals surface area contributed by atoms with Gasteiger partial charge in [-0.15, -0.1) is 0 Å². The third-order valence-electron chi connectivity index (χ3n) is 5.42. The second-order valence-electron chi connectivity index (χ2n) is 7.44. The lowest BCUT2D eigenvalue weighted by atomic mass is 9.91. The summed E-state index contributed by atoms with van der Waals surface area (Å²) in [5, 5.41) is 3.15. The van der Waals surface area contributed by atoms with E-state index in [9.17, 15) is 0 Å². The van der Waals surface area contributed by atoms with Crippen molar-refractivity contribution in [3.05, 3.63) is 59.9 Å². The molecule has 1 aromatic carbocycles. The lowest BCUT2D eigenvalue weighted by Gasteiger charge is -2.36. The van der Waals surface area contributed by atoms with Crippen LogP contribution in [0.4, 0.5) is 5.69 Å². The monoisotopic (exact) mass is 351 g/mol. The molecule has 1 aromatic heterocycles. The second-order valence-corrected chi connectivity index (χ2v) is 7.44. The number of nitrogens with zero attached hydrogens (tertiary/aromatic N) is 2. The molecule has 138 valence electrons. The van der Waals surface area contributed by atoms with E-state index in [1.807, 2.05) is 19.1 Å². The molecule has 4 rings (SSSR count). The van der Waals surface area contributed by atoms with Crippen molar-refractivity contribution < 1.29 is 6.16 Å². The molecule has 1 fully saturated rings. The molecule has 1 N–H and O–H groups in total. The predicted octanol–water partition coefficient (Wildman–Crippen LogP) is 5.02. The summed E-state index contributed by atoms with van der Waals surface area (Å²) in [6.45, 7) is 8.12. The Bertz CT molecular complexity index is 787. The number of rotatable bonds is 5. The van der Waals surface area contributed by atoms with Crippen LogP contribution in [0, 0.1) is 0 Å². The highest BCUT2D eigenvalue weighted by Gasteiger charge is 2.26. The van der Waals surface area contributed by atoms with E-state index in [1.165, 1.54) is 43.5 Å².